The van der Waals surface area contributed by atoms with Crippen LogP contribution >= 0.6 is 24.0 Å². The van der Waals surface area contributed by atoms with E-state index in [1.54, 1.807) is 0 Å². The first kappa shape index (κ1) is 10.1. The fourth-order valence-electron chi connectivity index (χ4n) is 0.465. The second-order valence-corrected chi connectivity index (χ2v) is 1.86. The fourth-order valence-corrected chi connectivity index (χ4v) is 0.650. The van der Waals surface area contributed by atoms with E-state index in [2.05, 4.69) is 9.97 Å². The van der Waals surface area contributed by atoms with Crippen LogP contribution in [0.25, 0.3) is 0 Å². The van der Waals surface area contributed by atoms with E-state index in [9.17, 15) is 4.79 Å². The first-order chi connectivity index (χ1) is 4.72. The summed E-state index contributed by atoms with van der Waals surface area (Å²) in [6.07, 6.45) is 2.60. The molecule has 0 amide bonds. The molecule has 1 rings (SSSR count). The highest BCUT2D eigenvalue weighted by molar-refractivity contribution is 6.31. The monoisotopic (exact) mass is 194 g/mol. The van der Waals surface area contributed by atoms with Crippen molar-refractivity contribution in [2.75, 3.05) is 0 Å². The number of nitrogens with zero attached hydrogens (tertiary/aromatic N) is 2. The molecular formula is C5H4Cl2N2O2. The van der Waals surface area contributed by atoms with Gasteiger partial charge in [-0.1, -0.05) is 11.6 Å². The van der Waals surface area contributed by atoms with E-state index in [0.717, 1.165) is 0 Å². The van der Waals surface area contributed by atoms with E-state index in [4.69, 9.17) is 16.7 Å². The third-order valence-electron chi connectivity index (χ3n) is 0.856. The lowest BCUT2D eigenvalue weighted by atomic mass is 10.5. The van der Waals surface area contributed by atoms with Gasteiger partial charge in [0.1, 0.15) is 0 Å². The maximum atomic E-state index is 10.2. The van der Waals surface area contributed by atoms with Crippen molar-refractivity contribution in [1.29, 1.82) is 0 Å². The molecule has 0 fully saturated rings. The highest BCUT2D eigenvalue weighted by atomic mass is 35.5. The lowest BCUT2D eigenvalue weighted by Gasteiger charge is -1.92. The summed E-state index contributed by atoms with van der Waals surface area (Å²) in [4.78, 5) is 17.2. The van der Waals surface area contributed by atoms with Crippen LogP contribution in [0, 0.1) is 0 Å². The summed E-state index contributed by atoms with van der Waals surface area (Å²) in [5.74, 6) is -1.17. The van der Waals surface area contributed by atoms with Gasteiger partial charge in [0.15, 0.2) is 10.8 Å². The summed E-state index contributed by atoms with van der Waals surface area (Å²) in [5, 5.41) is 8.29. The number of carboxylic acids is 1. The predicted molar refractivity (Wildman–Crippen MR) is 41.2 cm³/mol. The van der Waals surface area contributed by atoms with Crippen molar-refractivity contribution in [1.82, 2.24) is 9.97 Å². The Kier molecular flexibility index (Phi) is 3.78. The minimum absolute atomic E-state index is 0. The molecule has 1 aromatic rings. The van der Waals surface area contributed by atoms with Crippen LogP contribution in [0.3, 0.4) is 0 Å². The molecule has 0 saturated carbocycles. The summed E-state index contributed by atoms with van der Waals surface area (Å²) in [6, 6.07) is 0. The zero-order valence-corrected chi connectivity index (χ0v) is 6.76. The highest BCUT2D eigenvalue weighted by Crippen LogP contribution is 2.06. The average Bonchev–Trinajstić information content (AvgIpc) is 1.88. The van der Waals surface area contributed by atoms with Crippen molar-refractivity contribution in [3.63, 3.8) is 0 Å². The van der Waals surface area contributed by atoms with Crippen LogP contribution < -0.4 is 0 Å². The van der Waals surface area contributed by atoms with E-state index in [0.29, 0.717) is 0 Å². The summed E-state index contributed by atoms with van der Waals surface area (Å²) in [7, 11) is 0. The smallest absolute Gasteiger partial charge is 0.357 e. The molecular weight excluding hydrogens is 191 g/mol. The standard InChI is InChI=1S/C5H3ClN2O2.ClH/c6-4-3(5(9)10)7-1-2-8-4;/h1-2H,(H,9,10);1H. The Balaban J connectivity index is 0.000001000. The molecule has 0 unspecified atom stereocenters. The van der Waals surface area contributed by atoms with Crippen LogP contribution in [0.1, 0.15) is 10.5 Å². The zero-order valence-electron chi connectivity index (χ0n) is 5.19. The minimum Gasteiger partial charge on any atom is -0.476 e. The van der Waals surface area contributed by atoms with Gasteiger partial charge in [0.05, 0.1) is 0 Å². The number of hydrogen-bond acceptors (Lipinski definition) is 3. The van der Waals surface area contributed by atoms with E-state index in [-0.39, 0.29) is 23.3 Å². The molecule has 0 aliphatic carbocycles. The van der Waals surface area contributed by atoms with Crippen molar-refractivity contribution in [2.24, 2.45) is 0 Å². The van der Waals surface area contributed by atoms with Crippen LogP contribution in [0.5, 0.6) is 0 Å². The summed E-state index contributed by atoms with van der Waals surface area (Å²) >= 11 is 5.36. The number of rotatable bonds is 1. The molecule has 1 N–H and O–H groups in total. The van der Waals surface area contributed by atoms with Crippen LogP contribution in [0.4, 0.5) is 0 Å². The van der Waals surface area contributed by atoms with Crippen molar-refractivity contribution in [2.45, 2.75) is 0 Å². The zero-order chi connectivity index (χ0) is 7.56. The van der Waals surface area contributed by atoms with Gasteiger partial charge in [-0.15, -0.1) is 12.4 Å². The maximum Gasteiger partial charge on any atom is 0.357 e. The Morgan fingerprint density at radius 2 is 2.00 bits per heavy atom. The topological polar surface area (TPSA) is 63.1 Å². The van der Waals surface area contributed by atoms with Gasteiger partial charge < -0.3 is 5.11 Å². The van der Waals surface area contributed by atoms with Gasteiger partial charge in [-0.05, 0) is 0 Å². The SMILES string of the molecule is Cl.O=C(O)c1nccnc1Cl. The summed E-state index contributed by atoms with van der Waals surface area (Å²) in [5.41, 5.74) is -0.218. The number of carboxylic acid groups (broad SMARTS) is 1. The molecule has 60 valence electrons. The largest absolute Gasteiger partial charge is 0.476 e. The van der Waals surface area contributed by atoms with E-state index < -0.39 is 5.97 Å². The number of halogens is 2. The number of aromatic nitrogens is 2. The summed E-state index contributed by atoms with van der Waals surface area (Å²) < 4.78 is 0. The molecule has 0 spiro atoms. The molecule has 0 aromatic carbocycles. The van der Waals surface area contributed by atoms with Crippen LogP contribution in [-0.4, -0.2) is 21.0 Å². The Morgan fingerprint density at radius 1 is 1.45 bits per heavy atom. The number of aromatic carboxylic acids is 1. The van der Waals surface area contributed by atoms with Crippen LogP contribution in [0.15, 0.2) is 12.4 Å². The predicted octanol–water partition coefficient (Wildman–Crippen LogP) is 1.25. The van der Waals surface area contributed by atoms with E-state index in [1.165, 1.54) is 12.4 Å². The fraction of sp³-hybridized carbons (Fsp3) is 0. The Morgan fingerprint density at radius 3 is 2.36 bits per heavy atom. The maximum absolute atomic E-state index is 10.2. The highest BCUT2D eigenvalue weighted by Gasteiger charge is 2.08. The molecule has 0 aliphatic rings. The number of carbonyl (C=O) groups is 1. The quantitative estimate of drug-likeness (QED) is 0.732. The van der Waals surface area contributed by atoms with Crippen LogP contribution in [-0.2, 0) is 0 Å². The minimum atomic E-state index is -1.17. The molecule has 1 aromatic heterocycles. The Hall–Kier alpha value is -0.870. The van der Waals surface area contributed by atoms with Gasteiger partial charge in [-0.3, -0.25) is 0 Å². The van der Waals surface area contributed by atoms with Crippen LogP contribution in [0.2, 0.25) is 5.15 Å². The molecule has 11 heavy (non-hydrogen) atoms. The van der Waals surface area contributed by atoms with Crippen molar-refractivity contribution >= 4 is 30.0 Å². The number of hydrogen-bond donors (Lipinski definition) is 1. The first-order valence-corrected chi connectivity index (χ1v) is 2.79. The van der Waals surface area contributed by atoms with Crippen molar-refractivity contribution in [3.05, 3.63) is 23.2 Å². The molecule has 0 bridgehead atoms. The first-order valence-electron chi connectivity index (χ1n) is 2.41. The molecule has 0 aliphatic heterocycles. The lowest BCUT2D eigenvalue weighted by Crippen LogP contribution is -2.01. The van der Waals surface area contributed by atoms with Gasteiger partial charge in [0, 0.05) is 12.4 Å². The van der Waals surface area contributed by atoms with Crippen molar-refractivity contribution < 1.29 is 9.90 Å². The Bertz CT molecular complexity index is 266. The lowest BCUT2D eigenvalue weighted by molar-refractivity contribution is 0.0690. The van der Waals surface area contributed by atoms with E-state index >= 15 is 0 Å². The molecule has 0 saturated heterocycles. The normalized spacial score (nSPS) is 8.45. The second-order valence-electron chi connectivity index (χ2n) is 1.50. The molecule has 6 heteroatoms. The third kappa shape index (κ3) is 2.32. The van der Waals surface area contributed by atoms with Crippen molar-refractivity contribution in [3.8, 4) is 0 Å². The molecule has 0 atom stereocenters. The second kappa shape index (κ2) is 4.10. The molecule has 0 radical (unpaired) electrons. The average molecular weight is 195 g/mol. The van der Waals surface area contributed by atoms with Gasteiger partial charge in [-0.2, -0.15) is 0 Å². The molecule has 1 heterocycles. The summed E-state index contributed by atoms with van der Waals surface area (Å²) in [6.45, 7) is 0. The van der Waals surface area contributed by atoms with E-state index in [1.807, 2.05) is 0 Å². The van der Waals surface area contributed by atoms with Gasteiger partial charge in [-0.25, -0.2) is 14.8 Å². The molecule has 4 nitrogen and oxygen atoms in total. The van der Waals surface area contributed by atoms with Gasteiger partial charge in [0.2, 0.25) is 0 Å². The Labute approximate surface area is 73.6 Å². The van der Waals surface area contributed by atoms with Gasteiger partial charge in [0.25, 0.3) is 0 Å². The van der Waals surface area contributed by atoms with Gasteiger partial charge >= 0.3 is 5.97 Å². The third-order valence-corrected chi connectivity index (χ3v) is 1.13.